The lowest BCUT2D eigenvalue weighted by Crippen LogP contribution is -2.37. The predicted octanol–water partition coefficient (Wildman–Crippen LogP) is 4.60. The molecule has 0 saturated heterocycles. The van der Waals surface area contributed by atoms with E-state index in [-0.39, 0.29) is 29.9 Å². The molecule has 0 spiro atoms. The maximum atomic E-state index is 12.4. The third kappa shape index (κ3) is 6.76. The summed E-state index contributed by atoms with van der Waals surface area (Å²) >= 11 is 12.1. The number of fused-ring (bicyclic) bond motifs is 1. The normalized spacial score (nSPS) is 12.9. The molecule has 2 aromatic carbocycles. The minimum atomic E-state index is 0. The summed E-state index contributed by atoms with van der Waals surface area (Å²) < 4.78 is 0. The molecule has 0 unspecified atom stereocenters. The smallest absolute Gasteiger partial charge is 0.223 e. The molecule has 0 bridgehead atoms. The molecule has 2 N–H and O–H groups in total. The molecule has 3 rings (SSSR count). The summed E-state index contributed by atoms with van der Waals surface area (Å²) in [4.78, 5) is 18.5. The molecule has 29 heavy (non-hydrogen) atoms. The SMILES string of the molecule is CN=C(NCCCC(=O)N1Cc2ccccc2C1)NCc1ccc(Cl)cc1Cl.I. The van der Waals surface area contributed by atoms with Gasteiger partial charge < -0.3 is 15.5 Å². The maximum absolute atomic E-state index is 12.4. The second-order valence-corrected chi connectivity index (χ2v) is 7.55. The molecule has 1 amide bonds. The number of guanidine groups is 1. The average molecular weight is 547 g/mol. The van der Waals surface area contributed by atoms with E-state index in [0.29, 0.717) is 48.6 Å². The van der Waals surface area contributed by atoms with Gasteiger partial charge in [0.2, 0.25) is 5.91 Å². The van der Waals surface area contributed by atoms with E-state index in [9.17, 15) is 4.79 Å². The van der Waals surface area contributed by atoms with Crippen LogP contribution in [0.25, 0.3) is 0 Å². The first-order valence-electron chi connectivity index (χ1n) is 9.30. The van der Waals surface area contributed by atoms with Gasteiger partial charge in [-0.2, -0.15) is 0 Å². The Hall–Kier alpha value is -1.51. The first-order valence-corrected chi connectivity index (χ1v) is 10.1. The van der Waals surface area contributed by atoms with Gasteiger partial charge in [0.25, 0.3) is 0 Å². The van der Waals surface area contributed by atoms with E-state index in [1.165, 1.54) is 11.1 Å². The highest BCUT2D eigenvalue weighted by Gasteiger charge is 2.22. The molecule has 1 aliphatic rings. The molecule has 0 aromatic heterocycles. The first kappa shape index (κ1) is 23.8. The molecule has 2 aromatic rings. The Morgan fingerprint density at radius 1 is 1.10 bits per heavy atom. The number of amides is 1. The van der Waals surface area contributed by atoms with Gasteiger partial charge in [0.15, 0.2) is 5.96 Å². The van der Waals surface area contributed by atoms with Crippen molar-refractivity contribution in [1.82, 2.24) is 15.5 Å². The average Bonchev–Trinajstić information content (AvgIpc) is 3.13. The van der Waals surface area contributed by atoms with Crippen LogP contribution in [0.2, 0.25) is 10.0 Å². The maximum Gasteiger partial charge on any atom is 0.223 e. The van der Waals surface area contributed by atoms with Crippen LogP contribution in [-0.4, -0.2) is 30.4 Å². The molecule has 156 valence electrons. The van der Waals surface area contributed by atoms with Crippen LogP contribution in [0.3, 0.4) is 0 Å². The van der Waals surface area contributed by atoms with Crippen molar-refractivity contribution in [3.05, 3.63) is 69.2 Å². The van der Waals surface area contributed by atoms with Crippen molar-refractivity contribution in [2.45, 2.75) is 32.5 Å². The van der Waals surface area contributed by atoms with E-state index in [2.05, 4.69) is 27.8 Å². The highest BCUT2D eigenvalue weighted by atomic mass is 127. The van der Waals surface area contributed by atoms with Crippen LogP contribution >= 0.6 is 47.2 Å². The Balaban J connectivity index is 0.00000300. The van der Waals surface area contributed by atoms with Crippen LogP contribution in [0, 0.1) is 0 Å². The van der Waals surface area contributed by atoms with Crippen molar-refractivity contribution in [2.75, 3.05) is 13.6 Å². The zero-order valence-electron chi connectivity index (χ0n) is 16.3. The lowest BCUT2D eigenvalue weighted by atomic mass is 10.1. The number of benzene rings is 2. The summed E-state index contributed by atoms with van der Waals surface area (Å²) in [6, 6.07) is 13.6. The van der Waals surface area contributed by atoms with E-state index in [1.54, 1.807) is 13.1 Å². The van der Waals surface area contributed by atoms with Gasteiger partial charge in [0, 0.05) is 49.7 Å². The second-order valence-electron chi connectivity index (χ2n) is 6.71. The summed E-state index contributed by atoms with van der Waals surface area (Å²) in [6.07, 6.45) is 1.26. The molecule has 0 radical (unpaired) electrons. The van der Waals surface area contributed by atoms with Crippen LogP contribution in [0.5, 0.6) is 0 Å². The van der Waals surface area contributed by atoms with Crippen molar-refractivity contribution < 1.29 is 4.79 Å². The zero-order chi connectivity index (χ0) is 19.9. The van der Waals surface area contributed by atoms with E-state index >= 15 is 0 Å². The number of aliphatic imine (C=N–C) groups is 1. The van der Waals surface area contributed by atoms with E-state index < -0.39 is 0 Å². The number of rotatable bonds is 6. The van der Waals surface area contributed by atoms with Gasteiger partial charge in [-0.05, 0) is 35.2 Å². The van der Waals surface area contributed by atoms with Gasteiger partial charge in [-0.15, -0.1) is 24.0 Å². The van der Waals surface area contributed by atoms with Crippen molar-refractivity contribution >= 4 is 59.0 Å². The third-order valence-electron chi connectivity index (χ3n) is 4.74. The van der Waals surface area contributed by atoms with Crippen LogP contribution in [0.15, 0.2) is 47.5 Å². The number of hydrogen-bond acceptors (Lipinski definition) is 2. The molecular weight excluding hydrogens is 522 g/mol. The van der Waals surface area contributed by atoms with E-state index in [0.717, 1.165) is 12.0 Å². The fourth-order valence-electron chi connectivity index (χ4n) is 3.18. The number of carbonyl (C=O) groups excluding carboxylic acids is 1. The minimum absolute atomic E-state index is 0. The number of hydrogen-bond donors (Lipinski definition) is 2. The molecule has 0 atom stereocenters. The topological polar surface area (TPSA) is 56.7 Å². The molecule has 0 aliphatic carbocycles. The largest absolute Gasteiger partial charge is 0.356 e. The van der Waals surface area contributed by atoms with Gasteiger partial charge in [-0.25, -0.2) is 0 Å². The zero-order valence-corrected chi connectivity index (χ0v) is 20.1. The Morgan fingerprint density at radius 2 is 1.79 bits per heavy atom. The lowest BCUT2D eigenvalue weighted by Gasteiger charge is -2.16. The second kappa shape index (κ2) is 11.6. The first-order chi connectivity index (χ1) is 13.6. The standard InChI is InChI=1S/C21H24Cl2N4O.HI/c1-24-21(26-12-15-8-9-18(22)11-19(15)23)25-10-4-7-20(28)27-13-16-5-2-3-6-17(16)14-27;/h2-3,5-6,8-9,11H,4,7,10,12-14H2,1H3,(H2,24,25,26);1H. The monoisotopic (exact) mass is 546 g/mol. The summed E-state index contributed by atoms with van der Waals surface area (Å²) in [5.41, 5.74) is 3.44. The van der Waals surface area contributed by atoms with E-state index in [1.807, 2.05) is 29.2 Å². The van der Waals surface area contributed by atoms with Gasteiger partial charge in [0.05, 0.1) is 0 Å². The highest BCUT2D eigenvalue weighted by Crippen LogP contribution is 2.23. The Morgan fingerprint density at radius 3 is 2.41 bits per heavy atom. The van der Waals surface area contributed by atoms with Crippen molar-refractivity contribution in [3.63, 3.8) is 0 Å². The third-order valence-corrected chi connectivity index (χ3v) is 5.33. The Bertz CT molecular complexity index is 851. The van der Waals surface area contributed by atoms with Crippen LogP contribution < -0.4 is 10.6 Å². The van der Waals surface area contributed by atoms with E-state index in [4.69, 9.17) is 23.2 Å². The van der Waals surface area contributed by atoms with Crippen LogP contribution in [-0.2, 0) is 24.4 Å². The predicted molar refractivity (Wildman–Crippen MR) is 130 cm³/mol. The lowest BCUT2D eigenvalue weighted by molar-refractivity contribution is -0.131. The van der Waals surface area contributed by atoms with Gasteiger partial charge in [0.1, 0.15) is 0 Å². The van der Waals surface area contributed by atoms with Crippen molar-refractivity contribution in [2.24, 2.45) is 4.99 Å². The number of halogens is 3. The van der Waals surface area contributed by atoms with Gasteiger partial charge in [-0.3, -0.25) is 9.79 Å². The molecule has 1 heterocycles. The van der Waals surface area contributed by atoms with Gasteiger partial charge in [-0.1, -0.05) is 53.5 Å². The molecule has 0 fully saturated rings. The number of carbonyl (C=O) groups is 1. The summed E-state index contributed by atoms with van der Waals surface area (Å²) in [5, 5.41) is 7.68. The number of nitrogens with zero attached hydrogens (tertiary/aromatic N) is 2. The fourth-order valence-corrected chi connectivity index (χ4v) is 3.65. The minimum Gasteiger partial charge on any atom is -0.356 e. The van der Waals surface area contributed by atoms with Crippen LogP contribution in [0.1, 0.15) is 29.5 Å². The molecule has 8 heteroatoms. The molecular formula is C21H25Cl2IN4O. The van der Waals surface area contributed by atoms with Crippen molar-refractivity contribution in [3.8, 4) is 0 Å². The summed E-state index contributed by atoms with van der Waals surface area (Å²) in [6.45, 7) is 2.64. The van der Waals surface area contributed by atoms with Crippen LogP contribution in [0.4, 0.5) is 0 Å². The molecule has 0 saturated carbocycles. The molecule has 5 nitrogen and oxygen atoms in total. The quantitative estimate of drug-likeness (QED) is 0.241. The summed E-state index contributed by atoms with van der Waals surface area (Å²) in [5.74, 6) is 0.862. The highest BCUT2D eigenvalue weighted by molar-refractivity contribution is 14.0. The van der Waals surface area contributed by atoms with Crippen molar-refractivity contribution in [1.29, 1.82) is 0 Å². The summed E-state index contributed by atoms with van der Waals surface area (Å²) in [7, 11) is 1.71. The number of nitrogens with one attached hydrogen (secondary N) is 2. The van der Waals surface area contributed by atoms with Gasteiger partial charge >= 0.3 is 0 Å². The molecule has 1 aliphatic heterocycles. The Kier molecular flexibility index (Phi) is 9.52. The fraction of sp³-hybridized carbons (Fsp3) is 0.333. The Labute approximate surface area is 198 Å².